The van der Waals surface area contributed by atoms with E-state index < -0.39 is 0 Å². The third-order valence-corrected chi connectivity index (χ3v) is 4.01. The van der Waals surface area contributed by atoms with Gasteiger partial charge in [0.15, 0.2) is 5.78 Å². The van der Waals surface area contributed by atoms with Crippen molar-refractivity contribution in [1.29, 1.82) is 0 Å². The normalized spacial score (nSPS) is 10.8. The van der Waals surface area contributed by atoms with E-state index >= 15 is 0 Å². The van der Waals surface area contributed by atoms with Gasteiger partial charge in [0.25, 0.3) is 0 Å². The average molecular weight is 274 g/mol. The summed E-state index contributed by atoms with van der Waals surface area (Å²) in [5, 5.41) is 2.39. The van der Waals surface area contributed by atoms with Crippen LogP contribution in [0.25, 0.3) is 10.8 Å². The SMILES string of the molecule is Cc1ccc(C(=O)Cc2ccc3ccccc3c2)cc1C. The topological polar surface area (TPSA) is 17.1 Å². The Bertz CT molecular complexity index is 815. The molecule has 0 unspecified atom stereocenters. The van der Waals surface area contributed by atoms with Crippen LogP contribution in [0.4, 0.5) is 0 Å². The van der Waals surface area contributed by atoms with Gasteiger partial charge in [-0.25, -0.2) is 0 Å². The fourth-order valence-corrected chi connectivity index (χ4v) is 2.55. The van der Waals surface area contributed by atoms with Crippen molar-refractivity contribution in [1.82, 2.24) is 0 Å². The molecule has 0 N–H and O–H groups in total. The van der Waals surface area contributed by atoms with E-state index in [1.165, 1.54) is 21.9 Å². The Labute approximate surface area is 125 Å². The molecule has 21 heavy (non-hydrogen) atoms. The van der Waals surface area contributed by atoms with E-state index in [2.05, 4.69) is 31.2 Å². The van der Waals surface area contributed by atoms with Crippen molar-refractivity contribution in [3.63, 3.8) is 0 Å². The highest BCUT2D eigenvalue weighted by Gasteiger charge is 2.08. The largest absolute Gasteiger partial charge is 0.294 e. The fourth-order valence-electron chi connectivity index (χ4n) is 2.55. The molecule has 0 atom stereocenters. The maximum atomic E-state index is 12.4. The highest BCUT2D eigenvalue weighted by molar-refractivity contribution is 5.98. The lowest BCUT2D eigenvalue weighted by atomic mass is 9.98. The second kappa shape index (κ2) is 5.53. The zero-order valence-corrected chi connectivity index (χ0v) is 12.4. The first-order chi connectivity index (χ1) is 10.1. The number of carbonyl (C=O) groups excluding carboxylic acids is 1. The molecule has 3 rings (SSSR count). The number of hydrogen-bond acceptors (Lipinski definition) is 1. The molecule has 0 spiro atoms. The first kappa shape index (κ1) is 13.6. The third kappa shape index (κ3) is 2.87. The zero-order chi connectivity index (χ0) is 14.8. The van der Waals surface area contributed by atoms with E-state index in [4.69, 9.17) is 0 Å². The Morgan fingerprint density at radius 2 is 1.57 bits per heavy atom. The van der Waals surface area contributed by atoms with Gasteiger partial charge in [0.05, 0.1) is 0 Å². The number of Topliss-reactive ketones (excluding diaryl/α,β-unsaturated/α-hetero) is 1. The van der Waals surface area contributed by atoms with Gasteiger partial charge < -0.3 is 0 Å². The van der Waals surface area contributed by atoms with E-state index in [9.17, 15) is 4.79 Å². The first-order valence-corrected chi connectivity index (χ1v) is 7.21. The molecule has 3 aromatic carbocycles. The molecule has 0 fully saturated rings. The molecule has 0 saturated heterocycles. The molecule has 1 heteroatoms. The Balaban J connectivity index is 1.87. The summed E-state index contributed by atoms with van der Waals surface area (Å²) in [6.45, 7) is 4.11. The number of hydrogen-bond donors (Lipinski definition) is 0. The van der Waals surface area contributed by atoms with Gasteiger partial charge >= 0.3 is 0 Å². The number of ketones is 1. The third-order valence-electron chi connectivity index (χ3n) is 4.01. The van der Waals surface area contributed by atoms with Crippen LogP contribution in [0, 0.1) is 13.8 Å². The van der Waals surface area contributed by atoms with Crippen molar-refractivity contribution in [2.75, 3.05) is 0 Å². The maximum absolute atomic E-state index is 12.4. The maximum Gasteiger partial charge on any atom is 0.167 e. The molecular weight excluding hydrogens is 256 g/mol. The van der Waals surface area contributed by atoms with Crippen LogP contribution < -0.4 is 0 Å². The summed E-state index contributed by atoms with van der Waals surface area (Å²) in [6, 6.07) is 20.4. The number of carbonyl (C=O) groups is 1. The summed E-state index contributed by atoms with van der Waals surface area (Å²) in [5.41, 5.74) is 4.25. The highest BCUT2D eigenvalue weighted by atomic mass is 16.1. The van der Waals surface area contributed by atoms with Gasteiger partial charge in [0.1, 0.15) is 0 Å². The molecular formula is C20H18O. The van der Waals surface area contributed by atoms with Gasteiger partial charge in [0.2, 0.25) is 0 Å². The predicted octanol–water partition coefficient (Wildman–Crippen LogP) is 4.88. The monoisotopic (exact) mass is 274 g/mol. The molecule has 0 amide bonds. The van der Waals surface area contributed by atoms with Crippen molar-refractivity contribution < 1.29 is 4.79 Å². The van der Waals surface area contributed by atoms with Crippen molar-refractivity contribution in [3.05, 3.63) is 82.9 Å². The Hall–Kier alpha value is -2.41. The molecule has 0 aliphatic rings. The molecule has 0 heterocycles. The number of aryl methyl sites for hydroxylation is 2. The van der Waals surface area contributed by atoms with Crippen LogP contribution in [0.2, 0.25) is 0 Å². The van der Waals surface area contributed by atoms with Crippen molar-refractivity contribution in [2.24, 2.45) is 0 Å². The van der Waals surface area contributed by atoms with Crippen LogP contribution in [0.1, 0.15) is 27.0 Å². The van der Waals surface area contributed by atoms with Gasteiger partial charge in [-0.05, 0) is 47.4 Å². The predicted molar refractivity (Wildman–Crippen MR) is 87.9 cm³/mol. The van der Waals surface area contributed by atoms with E-state index in [1.54, 1.807) is 0 Å². The minimum Gasteiger partial charge on any atom is -0.294 e. The van der Waals surface area contributed by atoms with Gasteiger partial charge in [-0.2, -0.15) is 0 Å². The smallest absolute Gasteiger partial charge is 0.167 e. The van der Waals surface area contributed by atoms with Crippen molar-refractivity contribution in [3.8, 4) is 0 Å². The standard InChI is InChI=1S/C20H18O/c1-14-7-9-19(11-15(14)2)20(21)13-16-8-10-17-5-3-4-6-18(17)12-16/h3-12H,13H2,1-2H3. The second-order valence-corrected chi connectivity index (χ2v) is 5.58. The lowest BCUT2D eigenvalue weighted by Gasteiger charge is -2.06. The van der Waals surface area contributed by atoms with Crippen LogP contribution in [-0.4, -0.2) is 5.78 Å². The van der Waals surface area contributed by atoms with E-state index in [1.807, 2.05) is 43.3 Å². The Morgan fingerprint density at radius 3 is 2.33 bits per heavy atom. The summed E-state index contributed by atoms with van der Waals surface area (Å²) in [7, 11) is 0. The molecule has 0 aliphatic carbocycles. The molecule has 0 bridgehead atoms. The van der Waals surface area contributed by atoms with Gasteiger partial charge in [-0.1, -0.05) is 54.6 Å². The highest BCUT2D eigenvalue weighted by Crippen LogP contribution is 2.18. The number of rotatable bonds is 3. The van der Waals surface area contributed by atoms with Crippen LogP contribution in [-0.2, 0) is 6.42 Å². The van der Waals surface area contributed by atoms with Crippen LogP contribution in [0.3, 0.4) is 0 Å². The zero-order valence-electron chi connectivity index (χ0n) is 12.4. The molecule has 0 saturated carbocycles. The lowest BCUT2D eigenvalue weighted by molar-refractivity contribution is 0.0993. The minimum atomic E-state index is 0.174. The van der Waals surface area contributed by atoms with Crippen LogP contribution in [0.5, 0.6) is 0 Å². The van der Waals surface area contributed by atoms with Crippen molar-refractivity contribution >= 4 is 16.6 Å². The Kier molecular flexibility index (Phi) is 3.57. The molecule has 3 aromatic rings. The minimum absolute atomic E-state index is 0.174. The van der Waals surface area contributed by atoms with Crippen LogP contribution >= 0.6 is 0 Å². The van der Waals surface area contributed by atoms with Crippen molar-refractivity contribution in [2.45, 2.75) is 20.3 Å². The summed E-state index contributed by atoms with van der Waals surface area (Å²) in [6.07, 6.45) is 0.452. The summed E-state index contributed by atoms with van der Waals surface area (Å²) >= 11 is 0. The molecule has 0 radical (unpaired) electrons. The molecule has 1 nitrogen and oxygen atoms in total. The van der Waals surface area contributed by atoms with E-state index in [-0.39, 0.29) is 5.78 Å². The average Bonchev–Trinajstić information content (AvgIpc) is 2.50. The fraction of sp³-hybridized carbons (Fsp3) is 0.150. The molecule has 104 valence electrons. The number of benzene rings is 3. The summed E-state index contributed by atoms with van der Waals surface area (Å²) < 4.78 is 0. The van der Waals surface area contributed by atoms with Gasteiger partial charge in [-0.3, -0.25) is 4.79 Å². The first-order valence-electron chi connectivity index (χ1n) is 7.21. The molecule has 0 aliphatic heterocycles. The Morgan fingerprint density at radius 1 is 0.810 bits per heavy atom. The molecule has 0 aromatic heterocycles. The summed E-state index contributed by atoms with van der Waals surface area (Å²) in [4.78, 5) is 12.4. The van der Waals surface area contributed by atoms with Crippen LogP contribution in [0.15, 0.2) is 60.7 Å². The van der Waals surface area contributed by atoms with Gasteiger partial charge in [-0.15, -0.1) is 0 Å². The quantitative estimate of drug-likeness (QED) is 0.622. The van der Waals surface area contributed by atoms with E-state index in [0.717, 1.165) is 11.1 Å². The second-order valence-electron chi connectivity index (χ2n) is 5.58. The van der Waals surface area contributed by atoms with Gasteiger partial charge in [0, 0.05) is 12.0 Å². The van der Waals surface area contributed by atoms with E-state index in [0.29, 0.717) is 6.42 Å². The lowest BCUT2D eigenvalue weighted by Crippen LogP contribution is -2.04. The number of fused-ring (bicyclic) bond motifs is 1. The summed E-state index contributed by atoms with van der Waals surface area (Å²) in [5.74, 6) is 0.174.